The van der Waals surface area contributed by atoms with Gasteiger partial charge in [-0.1, -0.05) is 30.3 Å². The lowest BCUT2D eigenvalue weighted by molar-refractivity contribution is 0.0337. The van der Waals surface area contributed by atoms with Gasteiger partial charge in [-0.15, -0.1) is 0 Å². The molecule has 0 saturated carbocycles. The maximum atomic E-state index is 12.1. The Bertz CT molecular complexity index is 622. The van der Waals surface area contributed by atoms with Crippen LogP contribution >= 0.6 is 0 Å². The minimum Gasteiger partial charge on any atom is -0.454 e. The number of ether oxygens (including phenoxy) is 3. The van der Waals surface area contributed by atoms with E-state index in [-0.39, 0.29) is 18.9 Å². The molecule has 1 aliphatic rings. The third-order valence-corrected chi connectivity index (χ3v) is 3.16. The summed E-state index contributed by atoms with van der Waals surface area (Å²) in [6, 6.07) is 14.6. The summed E-state index contributed by atoms with van der Waals surface area (Å²) in [5, 5.41) is 0. The van der Waals surface area contributed by atoms with E-state index in [9.17, 15) is 4.79 Å². The molecule has 0 amide bonds. The molecular weight excluding hydrogens is 256 g/mol. The Labute approximate surface area is 116 Å². The van der Waals surface area contributed by atoms with E-state index in [2.05, 4.69) is 0 Å². The van der Waals surface area contributed by atoms with Crippen molar-refractivity contribution in [1.29, 1.82) is 0 Å². The highest BCUT2D eigenvalue weighted by atomic mass is 16.7. The zero-order valence-electron chi connectivity index (χ0n) is 11.0. The number of hydrogen-bond acceptors (Lipinski definition) is 4. The van der Waals surface area contributed by atoms with Crippen LogP contribution in [0.25, 0.3) is 0 Å². The van der Waals surface area contributed by atoms with Gasteiger partial charge in [-0.3, -0.25) is 0 Å². The number of rotatable bonds is 3. The topological polar surface area (TPSA) is 44.8 Å². The second kappa shape index (κ2) is 5.25. The second-order valence-corrected chi connectivity index (χ2v) is 4.53. The Hall–Kier alpha value is -2.49. The van der Waals surface area contributed by atoms with Crippen molar-refractivity contribution in [3.05, 3.63) is 59.7 Å². The molecule has 1 heterocycles. The fourth-order valence-corrected chi connectivity index (χ4v) is 2.04. The van der Waals surface area contributed by atoms with Gasteiger partial charge in [-0.2, -0.15) is 0 Å². The van der Waals surface area contributed by atoms with Crippen LogP contribution < -0.4 is 9.47 Å². The maximum Gasteiger partial charge on any atom is 0.338 e. The molecule has 3 rings (SSSR count). The molecule has 1 atom stereocenters. The van der Waals surface area contributed by atoms with Crippen molar-refractivity contribution in [3.8, 4) is 11.5 Å². The summed E-state index contributed by atoms with van der Waals surface area (Å²) in [5.74, 6) is 0.851. The molecule has 102 valence electrons. The van der Waals surface area contributed by atoms with Crippen LogP contribution in [-0.4, -0.2) is 12.8 Å². The van der Waals surface area contributed by atoms with E-state index in [0.717, 1.165) is 5.56 Å². The van der Waals surface area contributed by atoms with Gasteiger partial charge in [0.2, 0.25) is 6.79 Å². The second-order valence-electron chi connectivity index (χ2n) is 4.53. The molecule has 0 saturated heterocycles. The van der Waals surface area contributed by atoms with Crippen molar-refractivity contribution in [2.75, 3.05) is 6.79 Å². The van der Waals surface area contributed by atoms with Crippen molar-refractivity contribution in [1.82, 2.24) is 0 Å². The molecule has 4 nitrogen and oxygen atoms in total. The number of carbonyl (C=O) groups excluding carboxylic acids is 1. The Morgan fingerprint density at radius 2 is 1.85 bits per heavy atom. The summed E-state index contributed by atoms with van der Waals surface area (Å²) in [5.41, 5.74) is 1.42. The molecule has 0 unspecified atom stereocenters. The number of esters is 1. The number of fused-ring (bicyclic) bond motifs is 1. The first-order chi connectivity index (χ1) is 9.74. The minimum absolute atomic E-state index is 0.189. The first-order valence-corrected chi connectivity index (χ1v) is 6.39. The standard InChI is InChI=1S/C16H14O4/c1-11(12-5-3-2-4-6-12)20-16(17)13-7-8-14-15(9-13)19-10-18-14/h2-9,11H,10H2,1H3/t11-/m1/s1. The predicted octanol–water partition coefficient (Wildman–Crippen LogP) is 3.33. The predicted molar refractivity (Wildman–Crippen MR) is 72.8 cm³/mol. The smallest absolute Gasteiger partial charge is 0.338 e. The summed E-state index contributed by atoms with van der Waals surface area (Å²) >= 11 is 0. The SMILES string of the molecule is C[C@@H](OC(=O)c1ccc2c(c1)OCO2)c1ccccc1. The van der Waals surface area contributed by atoms with Crippen molar-refractivity contribution in [3.63, 3.8) is 0 Å². The van der Waals surface area contributed by atoms with E-state index >= 15 is 0 Å². The molecule has 0 bridgehead atoms. The zero-order valence-corrected chi connectivity index (χ0v) is 11.0. The number of benzene rings is 2. The van der Waals surface area contributed by atoms with E-state index < -0.39 is 0 Å². The van der Waals surface area contributed by atoms with Crippen LogP contribution in [0.4, 0.5) is 0 Å². The van der Waals surface area contributed by atoms with Crippen molar-refractivity contribution >= 4 is 5.97 Å². The molecule has 0 aromatic heterocycles. The molecule has 0 aliphatic carbocycles. The highest BCUT2D eigenvalue weighted by molar-refractivity contribution is 5.90. The highest BCUT2D eigenvalue weighted by Crippen LogP contribution is 2.33. The van der Waals surface area contributed by atoms with Crippen LogP contribution in [0.5, 0.6) is 11.5 Å². The summed E-state index contributed by atoms with van der Waals surface area (Å²) in [4.78, 5) is 12.1. The Balaban J connectivity index is 1.73. The molecule has 0 fully saturated rings. The van der Waals surface area contributed by atoms with Crippen LogP contribution in [0.1, 0.15) is 28.9 Å². The van der Waals surface area contributed by atoms with E-state index in [1.807, 2.05) is 37.3 Å². The zero-order chi connectivity index (χ0) is 13.9. The van der Waals surface area contributed by atoms with Gasteiger partial charge >= 0.3 is 5.97 Å². The molecule has 2 aromatic rings. The van der Waals surface area contributed by atoms with Gasteiger partial charge in [-0.05, 0) is 30.7 Å². The third kappa shape index (κ3) is 2.45. The van der Waals surface area contributed by atoms with Gasteiger partial charge in [0.15, 0.2) is 11.5 Å². The van der Waals surface area contributed by atoms with E-state index in [0.29, 0.717) is 17.1 Å². The average Bonchev–Trinajstić information content (AvgIpc) is 2.95. The Morgan fingerprint density at radius 3 is 2.65 bits per heavy atom. The van der Waals surface area contributed by atoms with Crippen LogP contribution in [0.2, 0.25) is 0 Å². The van der Waals surface area contributed by atoms with E-state index in [1.165, 1.54) is 0 Å². The van der Waals surface area contributed by atoms with Gasteiger partial charge in [-0.25, -0.2) is 4.79 Å². The van der Waals surface area contributed by atoms with E-state index in [1.54, 1.807) is 18.2 Å². The molecule has 0 spiro atoms. The van der Waals surface area contributed by atoms with Crippen LogP contribution in [0.3, 0.4) is 0 Å². The number of carbonyl (C=O) groups is 1. The third-order valence-electron chi connectivity index (χ3n) is 3.16. The first-order valence-electron chi connectivity index (χ1n) is 6.39. The summed E-state index contributed by atoms with van der Waals surface area (Å²) < 4.78 is 15.9. The molecule has 4 heteroatoms. The van der Waals surface area contributed by atoms with Gasteiger partial charge < -0.3 is 14.2 Å². The largest absolute Gasteiger partial charge is 0.454 e. The monoisotopic (exact) mass is 270 g/mol. The van der Waals surface area contributed by atoms with Gasteiger partial charge in [0.1, 0.15) is 6.10 Å². The van der Waals surface area contributed by atoms with Gasteiger partial charge in [0, 0.05) is 0 Å². The lowest BCUT2D eigenvalue weighted by Gasteiger charge is -2.13. The molecule has 0 N–H and O–H groups in total. The maximum absolute atomic E-state index is 12.1. The van der Waals surface area contributed by atoms with Crippen molar-refractivity contribution in [2.45, 2.75) is 13.0 Å². The molecule has 1 aliphatic heterocycles. The summed E-state index contributed by atoms with van der Waals surface area (Å²) in [6.45, 7) is 2.04. The lowest BCUT2D eigenvalue weighted by atomic mass is 10.1. The highest BCUT2D eigenvalue weighted by Gasteiger charge is 2.18. The van der Waals surface area contributed by atoms with Crippen LogP contribution in [-0.2, 0) is 4.74 Å². The van der Waals surface area contributed by atoms with E-state index in [4.69, 9.17) is 14.2 Å². The van der Waals surface area contributed by atoms with Crippen molar-refractivity contribution < 1.29 is 19.0 Å². The average molecular weight is 270 g/mol. The van der Waals surface area contributed by atoms with Gasteiger partial charge in [0.05, 0.1) is 5.56 Å². The first kappa shape index (κ1) is 12.5. The lowest BCUT2D eigenvalue weighted by Crippen LogP contribution is -2.09. The van der Waals surface area contributed by atoms with Crippen LogP contribution in [0, 0.1) is 0 Å². The number of hydrogen-bond donors (Lipinski definition) is 0. The molecular formula is C16H14O4. The minimum atomic E-state index is -0.375. The quantitative estimate of drug-likeness (QED) is 0.802. The molecule has 20 heavy (non-hydrogen) atoms. The summed E-state index contributed by atoms with van der Waals surface area (Å²) in [6.07, 6.45) is -0.297. The Kier molecular flexibility index (Phi) is 3.29. The van der Waals surface area contributed by atoms with Crippen molar-refractivity contribution in [2.24, 2.45) is 0 Å². The molecule has 2 aromatic carbocycles. The fraction of sp³-hybridized carbons (Fsp3) is 0.188. The normalized spacial score (nSPS) is 13.8. The molecule has 0 radical (unpaired) electrons. The van der Waals surface area contributed by atoms with Crippen LogP contribution in [0.15, 0.2) is 48.5 Å². The van der Waals surface area contributed by atoms with Gasteiger partial charge in [0.25, 0.3) is 0 Å². The Morgan fingerprint density at radius 1 is 1.10 bits per heavy atom. The summed E-state index contributed by atoms with van der Waals surface area (Å²) in [7, 11) is 0. The fourth-order valence-electron chi connectivity index (χ4n) is 2.04.